The Morgan fingerprint density at radius 2 is 1.55 bits per heavy atom. The normalized spacial score (nSPS) is 13.3. The molecule has 3 aromatic rings. The molecule has 0 saturated heterocycles. The average molecular weight is 280 g/mol. The first kappa shape index (κ1) is 12.3. The van der Waals surface area contributed by atoms with E-state index in [1.165, 1.54) is 0 Å². The second-order valence-electron chi connectivity index (χ2n) is 5.18. The van der Waals surface area contributed by atoms with E-state index in [-0.39, 0.29) is 16.9 Å². The largest absolute Gasteiger partial charge is 0.288 e. The van der Waals surface area contributed by atoms with Crippen LogP contribution in [0.3, 0.4) is 0 Å². The molecule has 0 heterocycles. The highest BCUT2D eigenvalue weighted by atomic mass is 16.1. The van der Waals surface area contributed by atoms with Crippen molar-refractivity contribution in [3.05, 3.63) is 65.2 Å². The quantitative estimate of drug-likeness (QED) is 0.585. The van der Waals surface area contributed by atoms with E-state index < -0.39 is 0 Å². The minimum Gasteiger partial charge on any atom is -0.288 e. The van der Waals surface area contributed by atoms with Gasteiger partial charge in [-0.05, 0) is 22.2 Å². The molecular weight excluding hydrogens is 272 g/mol. The average Bonchev–Trinajstić information content (AvgIpc) is 2.56. The molecule has 0 fully saturated rings. The van der Waals surface area contributed by atoms with E-state index in [2.05, 4.69) is 6.07 Å². The Morgan fingerprint density at radius 3 is 2.32 bits per heavy atom. The molecule has 0 spiro atoms. The zero-order valence-electron chi connectivity index (χ0n) is 11.4. The minimum absolute atomic E-state index is 0.0705. The number of rotatable bonds is 0. The molecule has 0 aromatic heterocycles. The summed E-state index contributed by atoms with van der Waals surface area (Å²) in [6, 6.07) is 19.1. The molecule has 100 valence electrons. The number of ketones is 1. The topological polar surface area (TPSA) is 64.7 Å². The van der Waals surface area contributed by atoms with Crippen LogP contribution >= 0.6 is 0 Å². The lowest BCUT2D eigenvalue weighted by Gasteiger charge is -2.18. The van der Waals surface area contributed by atoms with Gasteiger partial charge in [0.15, 0.2) is 0 Å². The number of nitriles is 2. The van der Waals surface area contributed by atoms with Crippen molar-refractivity contribution in [1.29, 1.82) is 10.5 Å². The molecule has 1 aliphatic carbocycles. The third kappa shape index (κ3) is 1.40. The Morgan fingerprint density at radius 1 is 0.818 bits per heavy atom. The van der Waals surface area contributed by atoms with Crippen LogP contribution in [0.25, 0.3) is 27.1 Å². The fourth-order valence-corrected chi connectivity index (χ4v) is 3.16. The summed E-state index contributed by atoms with van der Waals surface area (Å²) in [5, 5.41) is 22.4. The Kier molecular flexibility index (Phi) is 2.40. The molecule has 0 unspecified atom stereocenters. The van der Waals surface area contributed by atoms with Gasteiger partial charge in [-0.2, -0.15) is 10.5 Å². The van der Waals surface area contributed by atoms with Crippen molar-refractivity contribution in [2.75, 3.05) is 0 Å². The Balaban J connectivity index is 2.38. The van der Waals surface area contributed by atoms with E-state index in [1.807, 2.05) is 42.5 Å². The fraction of sp³-hybridized carbons (Fsp3) is 0. The van der Waals surface area contributed by atoms with Gasteiger partial charge in [0.2, 0.25) is 5.78 Å². The molecular formula is C19H8N2O. The maximum atomic E-state index is 12.5. The molecule has 4 rings (SSSR count). The fourth-order valence-electron chi connectivity index (χ4n) is 3.16. The number of allylic oxidation sites excluding steroid dienone is 2. The van der Waals surface area contributed by atoms with Crippen LogP contribution in [0.1, 0.15) is 15.9 Å². The van der Waals surface area contributed by atoms with E-state index in [1.54, 1.807) is 12.1 Å². The Bertz CT molecular complexity index is 1110. The standard InChI is InChI=1S/C19H8N2O/c20-9-15-16(10-21)19(22)14-7-3-5-12-8-11-4-1-2-6-13(11)18(15)17(12)14/h1-8H. The first-order valence-corrected chi connectivity index (χ1v) is 6.80. The number of hydrogen-bond donors (Lipinski definition) is 0. The summed E-state index contributed by atoms with van der Waals surface area (Å²) in [5.41, 5.74) is 1.29. The highest BCUT2D eigenvalue weighted by Crippen LogP contribution is 2.40. The van der Waals surface area contributed by atoms with Crippen LogP contribution < -0.4 is 0 Å². The van der Waals surface area contributed by atoms with Gasteiger partial charge in [-0.25, -0.2) is 0 Å². The third-order valence-electron chi connectivity index (χ3n) is 4.08. The lowest BCUT2D eigenvalue weighted by Crippen LogP contribution is -2.11. The van der Waals surface area contributed by atoms with Crippen LogP contribution in [0.5, 0.6) is 0 Å². The smallest absolute Gasteiger partial charge is 0.205 e. The van der Waals surface area contributed by atoms with Gasteiger partial charge in [-0.3, -0.25) is 4.79 Å². The molecule has 0 saturated carbocycles. The van der Waals surface area contributed by atoms with Gasteiger partial charge in [0.05, 0.1) is 5.57 Å². The third-order valence-corrected chi connectivity index (χ3v) is 4.08. The predicted octanol–water partition coefficient (Wildman–Crippen LogP) is 3.99. The Labute approximate surface area is 126 Å². The van der Waals surface area contributed by atoms with Crippen LogP contribution in [-0.4, -0.2) is 5.78 Å². The summed E-state index contributed by atoms with van der Waals surface area (Å²) in [6.45, 7) is 0. The summed E-state index contributed by atoms with van der Waals surface area (Å²) in [5.74, 6) is -0.368. The molecule has 0 amide bonds. The molecule has 0 N–H and O–H groups in total. The monoisotopic (exact) mass is 280 g/mol. The maximum Gasteiger partial charge on any atom is 0.205 e. The van der Waals surface area contributed by atoms with Gasteiger partial charge in [-0.15, -0.1) is 0 Å². The summed E-state index contributed by atoms with van der Waals surface area (Å²) in [6.07, 6.45) is 0. The second kappa shape index (κ2) is 4.28. The number of hydrogen-bond acceptors (Lipinski definition) is 3. The number of carbonyl (C=O) groups is 1. The van der Waals surface area contributed by atoms with Gasteiger partial charge in [-0.1, -0.05) is 42.5 Å². The second-order valence-corrected chi connectivity index (χ2v) is 5.18. The minimum atomic E-state index is -0.368. The molecule has 1 aliphatic rings. The summed E-state index contributed by atoms with van der Waals surface area (Å²) >= 11 is 0. The number of fused-ring (bicyclic) bond motifs is 2. The first-order chi connectivity index (χ1) is 10.8. The van der Waals surface area contributed by atoms with Gasteiger partial charge in [0, 0.05) is 16.5 Å². The number of Topliss-reactive ketones (excluding diaryl/α,β-unsaturated/α-hetero) is 1. The highest BCUT2D eigenvalue weighted by Gasteiger charge is 2.29. The molecule has 3 heteroatoms. The van der Waals surface area contributed by atoms with Crippen LogP contribution in [0, 0.1) is 22.7 Å². The van der Waals surface area contributed by atoms with Gasteiger partial charge >= 0.3 is 0 Å². The van der Waals surface area contributed by atoms with Crippen molar-refractivity contribution in [3.8, 4) is 12.1 Å². The van der Waals surface area contributed by atoms with Crippen molar-refractivity contribution < 1.29 is 4.79 Å². The SMILES string of the molecule is N#CC1=C(C#N)c2c3ccccc3cc3cccc(c23)C1=O. The lowest BCUT2D eigenvalue weighted by atomic mass is 9.81. The van der Waals surface area contributed by atoms with Crippen LogP contribution in [0.4, 0.5) is 0 Å². The van der Waals surface area contributed by atoms with Gasteiger partial charge in [0.25, 0.3) is 0 Å². The molecule has 0 atom stereocenters. The Hall–Kier alpha value is -3.43. The molecule has 3 nitrogen and oxygen atoms in total. The predicted molar refractivity (Wildman–Crippen MR) is 83.9 cm³/mol. The number of benzene rings is 3. The van der Waals surface area contributed by atoms with Crippen LogP contribution in [-0.2, 0) is 0 Å². The summed E-state index contributed by atoms with van der Waals surface area (Å²) in [4.78, 5) is 12.5. The number of nitrogens with zero attached hydrogens (tertiary/aromatic N) is 2. The summed E-state index contributed by atoms with van der Waals surface area (Å²) < 4.78 is 0. The first-order valence-electron chi connectivity index (χ1n) is 6.80. The van der Waals surface area contributed by atoms with Crippen molar-refractivity contribution in [1.82, 2.24) is 0 Å². The highest BCUT2D eigenvalue weighted by molar-refractivity contribution is 6.31. The van der Waals surface area contributed by atoms with E-state index in [4.69, 9.17) is 0 Å². The number of carbonyl (C=O) groups excluding carboxylic acids is 1. The molecule has 0 bridgehead atoms. The molecule has 0 aliphatic heterocycles. The summed E-state index contributed by atoms with van der Waals surface area (Å²) in [7, 11) is 0. The lowest BCUT2D eigenvalue weighted by molar-refractivity contribution is 0.104. The van der Waals surface area contributed by atoms with Crippen molar-refractivity contribution in [2.45, 2.75) is 0 Å². The van der Waals surface area contributed by atoms with E-state index >= 15 is 0 Å². The van der Waals surface area contributed by atoms with Crippen molar-refractivity contribution in [3.63, 3.8) is 0 Å². The maximum absolute atomic E-state index is 12.5. The molecule has 22 heavy (non-hydrogen) atoms. The van der Waals surface area contributed by atoms with Crippen LogP contribution in [0.2, 0.25) is 0 Å². The zero-order valence-corrected chi connectivity index (χ0v) is 11.4. The zero-order chi connectivity index (χ0) is 15.3. The van der Waals surface area contributed by atoms with Crippen molar-refractivity contribution in [2.24, 2.45) is 0 Å². The van der Waals surface area contributed by atoms with E-state index in [0.29, 0.717) is 11.1 Å². The molecule has 0 radical (unpaired) electrons. The van der Waals surface area contributed by atoms with E-state index in [0.717, 1.165) is 21.5 Å². The molecule has 3 aromatic carbocycles. The van der Waals surface area contributed by atoms with Gasteiger partial charge < -0.3 is 0 Å². The van der Waals surface area contributed by atoms with Gasteiger partial charge in [0.1, 0.15) is 17.7 Å². The van der Waals surface area contributed by atoms with Crippen molar-refractivity contribution >= 4 is 32.9 Å². The van der Waals surface area contributed by atoms with E-state index in [9.17, 15) is 15.3 Å². The van der Waals surface area contributed by atoms with Crippen LogP contribution in [0.15, 0.2) is 54.1 Å².